The molecule has 0 saturated heterocycles. The summed E-state index contributed by atoms with van der Waals surface area (Å²) in [6.45, 7) is 2.18. The highest BCUT2D eigenvalue weighted by molar-refractivity contribution is 6.00. The summed E-state index contributed by atoms with van der Waals surface area (Å²) in [5.74, 6) is -1.38. The third kappa shape index (κ3) is 1.95. The van der Waals surface area contributed by atoms with E-state index in [9.17, 15) is 9.59 Å². The zero-order valence-electron chi connectivity index (χ0n) is 8.68. The molecule has 0 radical (unpaired) electrons. The second kappa shape index (κ2) is 4.54. The zero-order chi connectivity index (χ0) is 11.4. The first-order valence-electron chi connectivity index (χ1n) is 4.25. The minimum absolute atomic E-state index is 0.00634. The van der Waals surface area contributed by atoms with Gasteiger partial charge in [0, 0.05) is 6.54 Å². The van der Waals surface area contributed by atoms with Gasteiger partial charge in [0.05, 0.1) is 14.2 Å². The molecular weight excluding hydrogens is 202 g/mol. The molecule has 0 aromatic carbocycles. The number of rotatable bonds is 3. The molecule has 7 nitrogen and oxygen atoms in total. The molecule has 0 aliphatic heterocycles. The SMILES string of the molecule is CCn1nnc(C(=O)OC)c1C(=O)OC. The molecule has 0 aliphatic carbocycles. The fourth-order valence-electron chi connectivity index (χ4n) is 1.07. The van der Waals surface area contributed by atoms with Gasteiger partial charge >= 0.3 is 11.9 Å². The molecule has 0 atom stereocenters. The van der Waals surface area contributed by atoms with Crippen molar-refractivity contribution >= 4 is 11.9 Å². The number of hydrogen-bond acceptors (Lipinski definition) is 6. The molecule has 0 unspecified atom stereocenters. The number of methoxy groups -OCH3 is 2. The summed E-state index contributed by atoms with van der Waals surface area (Å²) in [5.41, 5.74) is -0.127. The van der Waals surface area contributed by atoms with Gasteiger partial charge in [-0.1, -0.05) is 5.21 Å². The van der Waals surface area contributed by atoms with Crippen molar-refractivity contribution in [1.82, 2.24) is 15.0 Å². The van der Waals surface area contributed by atoms with Crippen LogP contribution in [0.25, 0.3) is 0 Å². The number of aryl methyl sites for hydroxylation is 1. The number of carbonyl (C=O) groups excluding carboxylic acids is 2. The van der Waals surface area contributed by atoms with Gasteiger partial charge in [0.25, 0.3) is 0 Å². The maximum absolute atomic E-state index is 11.4. The molecule has 7 heteroatoms. The monoisotopic (exact) mass is 213 g/mol. The van der Waals surface area contributed by atoms with Gasteiger partial charge in [-0.15, -0.1) is 5.10 Å². The van der Waals surface area contributed by atoms with Crippen LogP contribution in [0.1, 0.15) is 27.9 Å². The molecule has 82 valence electrons. The molecule has 0 saturated carbocycles. The first-order chi connectivity index (χ1) is 7.15. The fourth-order valence-corrected chi connectivity index (χ4v) is 1.07. The van der Waals surface area contributed by atoms with Crippen molar-refractivity contribution in [2.24, 2.45) is 0 Å². The van der Waals surface area contributed by atoms with E-state index >= 15 is 0 Å². The van der Waals surface area contributed by atoms with Gasteiger partial charge in [-0.2, -0.15) is 0 Å². The lowest BCUT2D eigenvalue weighted by Crippen LogP contribution is -2.15. The quantitative estimate of drug-likeness (QED) is 0.650. The van der Waals surface area contributed by atoms with E-state index in [-0.39, 0.29) is 11.4 Å². The van der Waals surface area contributed by atoms with E-state index in [1.807, 2.05) is 0 Å². The van der Waals surface area contributed by atoms with Crippen LogP contribution >= 0.6 is 0 Å². The Kier molecular flexibility index (Phi) is 3.37. The number of esters is 2. The largest absolute Gasteiger partial charge is 0.464 e. The first kappa shape index (κ1) is 11.2. The predicted octanol–water partition coefficient (Wildman–Crippen LogP) is -0.129. The lowest BCUT2D eigenvalue weighted by atomic mass is 10.3. The molecule has 1 rings (SSSR count). The van der Waals surface area contributed by atoms with Crippen LogP contribution < -0.4 is 0 Å². The van der Waals surface area contributed by atoms with Crippen LogP contribution in [0.2, 0.25) is 0 Å². The lowest BCUT2D eigenvalue weighted by Gasteiger charge is -2.02. The van der Waals surface area contributed by atoms with Crippen LogP contribution in [-0.2, 0) is 16.0 Å². The Morgan fingerprint density at radius 2 is 1.87 bits per heavy atom. The highest BCUT2D eigenvalue weighted by atomic mass is 16.5. The van der Waals surface area contributed by atoms with E-state index in [2.05, 4.69) is 19.8 Å². The number of hydrogen-bond donors (Lipinski definition) is 0. The first-order valence-corrected chi connectivity index (χ1v) is 4.25. The predicted molar refractivity (Wildman–Crippen MR) is 48.4 cm³/mol. The van der Waals surface area contributed by atoms with Crippen molar-refractivity contribution in [2.45, 2.75) is 13.5 Å². The third-order valence-electron chi connectivity index (χ3n) is 1.79. The van der Waals surface area contributed by atoms with Gasteiger partial charge in [0.1, 0.15) is 0 Å². The van der Waals surface area contributed by atoms with E-state index in [1.54, 1.807) is 6.92 Å². The number of nitrogens with zero attached hydrogens (tertiary/aromatic N) is 3. The summed E-state index contributed by atoms with van der Waals surface area (Å²) in [6.07, 6.45) is 0. The second-order valence-corrected chi connectivity index (χ2v) is 2.59. The molecule has 0 fully saturated rings. The molecule has 0 aliphatic rings. The standard InChI is InChI=1S/C8H11N3O4/c1-4-11-6(8(13)15-3)5(9-10-11)7(12)14-2/h4H2,1-3H3. The van der Waals surface area contributed by atoms with E-state index in [4.69, 9.17) is 0 Å². The van der Waals surface area contributed by atoms with Gasteiger partial charge < -0.3 is 9.47 Å². The normalized spacial score (nSPS) is 9.80. The van der Waals surface area contributed by atoms with Gasteiger partial charge in [-0.05, 0) is 6.92 Å². The summed E-state index contributed by atoms with van der Waals surface area (Å²) >= 11 is 0. The average Bonchev–Trinajstić information content (AvgIpc) is 2.70. The highest BCUT2D eigenvalue weighted by Crippen LogP contribution is 2.08. The van der Waals surface area contributed by atoms with Crippen LogP contribution in [0, 0.1) is 0 Å². The number of ether oxygens (including phenoxy) is 2. The van der Waals surface area contributed by atoms with Gasteiger partial charge in [-0.25, -0.2) is 14.3 Å². The lowest BCUT2D eigenvalue weighted by molar-refractivity contribution is 0.0543. The van der Waals surface area contributed by atoms with Gasteiger partial charge in [-0.3, -0.25) is 0 Å². The Morgan fingerprint density at radius 3 is 2.33 bits per heavy atom. The molecule has 1 heterocycles. The summed E-state index contributed by atoms with van der Waals surface area (Å²) < 4.78 is 10.3. The van der Waals surface area contributed by atoms with Crippen molar-refractivity contribution in [2.75, 3.05) is 14.2 Å². The highest BCUT2D eigenvalue weighted by Gasteiger charge is 2.25. The zero-order valence-corrected chi connectivity index (χ0v) is 8.68. The molecule has 1 aromatic rings. The van der Waals surface area contributed by atoms with Crippen LogP contribution in [0.15, 0.2) is 0 Å². The minimum Gasteiger partial charge on any atom is -0.464 e. The molecule has 1 aromatic heterocycles. The Labute approximate surface area is 86.0 Å². The van der Waals surface area contributed by atoms with Gasteiger partial charge in [0.2, 0.25) is 5.69 Å². The number of aromatic nitrogens is 3. The van der Waals surface area contributed by atoms with Crippen molar-refractivity contribution in [3.05, 3.63) is 11.4 Å². The molecule has 15 heavy (non-hydrogen) atoms. The van der Waals surface area contributed by atoms with Gasteiger partial charge in [0.15, 0.2) is 5.69 Å². The van der Waals surface area contributed by atoms with E-state index in [0.29, 0.717) is 6.54 Å². The average molecular weight is 213 g/mol. The number of carbonyl (C=O) groups is 2. The maximum Gasteiger partial charge on any atom is 0.361 e. The van der Waals surface area contributed by atoms with Crippen molar-refractivity contribution in [1.29, 1.82) is 0 Å². The van der Waals surface area contributed by atoms with Crippen molar-refractivity contribution in [3.8, 4) is 0 Å². The molecule has 0 bridgehead atoms. The van der Waals surface area contributed by atoms with E-state index in [0.717, 1.165) is 0 Å². The van der Waals surface area contributed by atoms with E-state index < -0.39 is 11.9 Å². The Morgan fingerprint density at radius 1 is 1.27 bits per heavy atom. The summed E-state index contributed by atoms with van der Waals surface area (Å²) in [5, 5.41) is 7.20. The van der Waals surface area contributed by atoms with Crippen molar-refractivity contribution < 1.29 is 19.1 Å². The van der Waals surface area contributed by atoms with Crippen LogP contribution in [0.4, 0.5) is 0 Å². The third-order valence-corrected chi connectivity index (χ3v) is 1.79. The summed E-state index contributed by atoms with van der Waals surface area (Å²) in [6, 6.07) is 0. The van der Waals surface area contributed by atoms with Crippen molar-refractivity contribution in [3.63, 3.8) is 0 Å². The molecule has 0 spiro atoms. The Balaban J connectivity index is 3.23. The Hall–Kier alpha value is -1.92. The smallest absolute Gasteiger partial charge is 0.361 e. The summed E-state index contributed by atoms with van der Waals surface area (Å²) in [4.78, 5) is 22.6. The van der Waals surface area contributed by atoms with E-state index in [1.165, 1.54) is 18.9 Å². The Bertz CT molecular complexity index is 385. The molecular formula is C8H11N3O4. The fraction of sp³-hybridized carbons (Fsp3) is 0.500. The second-order valence-electron chi connectivity index (χ2n) is 2.59. The summed E-state index contributed by atoms with van der Waals surface area (Å²) in [7, 11) is 2.42. The molecule has 0 amide bonds. The minimum atomic E-state index is -0.713. The van der Waals surface area contributed by atoms with Crippen LogP contribution in [-0.4, -0.2) is 41.2 Å². The van der Waals surface area contributed by atoms with Crippen LogP contribution in [0.5, 0.6) is 0 Å². The molecule has 0 N–H and O–H groups in total. The topological polar surface area (TPSA) is 83.3 Å². The van der Waals surface area contributed by atoms with Crippen LogP contribution in [0.3, 0.4) is 0 Å². The maximum atomic E-state index is 11.4.